The summed E-state index contributed by atoms with van der Waals surface area (Å²) in [5.74, 6) is -8.78. The highest BCUT2D eigenvalue weighted by Gasteiger charge is 2.39. The lowest BCUT2D eigenvalue weighted by Crippen LogP contribution is -2.60. The second-order valence-electron chi connectivity index (χ2n) is 20.9. The lowest BCUT2D eigenvalue weighted by Gasteiger charge is -2.30. The average Bonchev–Trinajstić information content (AvgIpc) is 2.15. The third-order valence-electron chi connectivity index (χ3n) is 13.6. The molecule has 3 aromatic carbocycles. The van der Waals surface area contributed by atoms with Gasteiger partial charge in [-0.05, 0) is 79.3 Å². The summed E-state index contributed by atoms with van der Waals surface area (Å²) >= 11 is 0. The second-order valence-corrected chi connectivity index (χ2v) is 20.9. The Labute approximate surface area is 507 Å². The normalized spacial score (nSPS) is 14.7. The van der Waals surface area contributed by atoms with Crippen LogP contribution >= 0.6 is 12.4 Å². The van der Waals surface area contributed by atoms with Gasteiger partial charge >= 0.3 is 6.09 Å². The summed E-state index contributed by atoms with van der Waals surface area (Å²) in [5.41, 5.74) is 24.7. The number of aromatic hydroxyl groups is 1. The van der Waals surface area contributed by atoms with Gasteiger partial charge in [-0.25, -0.2) is 4.79 Å². The zero-order chi connectivity index (χ0) is 62.9. The number of carbonyl (C=O) groups is 11. The molecule has 0 saturated carbocycles. The molecule has 87 heavy (non-hydrogen) atoms. The van der Waals surface area contributed by atoms with Crippen LogP contribution in [0.3, 0.4) is 0 Å². The fraction of sp³-hybridized carbons (Fsp3) is 0.439. The van der Waals surface area contributed by atoms with E-state index in [1.54, 1.807) is 74.6 Å². The molecule has 1 aliphatic heterocycles. The van der Waals surface area contributed by atoms with Gasteiger partial charge in [0.05, 0.1) is 25.7 Å². The van der Waals surface area contributed by atoms with Crippen LogP contribution in [0.5, 0.6) is 5.75 Å². The van der Waals surface area contributed by atoms with Crippen molar-refractivity contribution in [1.29, 1.82) is 0 Å². The summed E-state index contributed by atoms with van der Waals surface area (Å²) in [4.78, 5) is 155. The van der Waals surface area contributed by atoms with Crippen LogP contribution in [0.4, 0.5) is 4.79 Å². The fourth-order valence-electron chi connectivity index (χ4n) is 9.24. The van der Waals surface area contributed by atoms with E-state index in [2.05, 4.69) is 52.5 Å². The molecule has 19 N–H and O–H groups in total. The number of phenolic OH excluding ortho intramolecular Hbond substituents is 1. The number of phenols is 1. The standard InChI is InChI=1S/C57H77N15O14.ClH/c1-32(2)24-41(51(80)67-40(14-8-22-62-56(60)61)55(84)72-23-9-15-45(72)54(83)64-28-46(59)75)66-48(77)29-65-50(79)42(25-33-16-18-36(74)19-17-33)69-53(82)44(30-73)70-52(81)43(26-35-27-63-39-13-7-6-12-37(35)39)68-49(78)38(58)20-21-47(76)71-57(85)86-31-34-10-4-3-5-11-34;/h3-7,10-13,16-19,27,32,38,40-45,63,73-74H,8-9,14-15,20-26,28-31,58H2,1-2H3,(H2,59,75)(H,64,83)(H,65,79)(H,66,77)(H,67,80)(H,68,78)(H,69,82)(H,70,81)(H4,60,61,62)(H,71,76,85);1H/t38-,40+,41+,42+,43+,44+,45+;/m1./s1. The second kappa shape index (κ2) is 35.2. The number of nitrogens with one attached hydrogen (secondary N) is 9. The first kappa shape index (κ1) is 70.1. The lowest BCUT2D eigenvalue weighted by molar-refractivity contribution is -0.142. The lowest BCUT2D eigenvalue weighted by atomic mass is 10.0. The van der Waals surface area contributed by atoms with Crippen molar-refractivity contribution < 1.29 is 67.7 Å². The molecule has 0 aliphatic carbocycles. The summed E-state index contributed by atoms with van der Waals surface area (Å²) in [6.07, 6.45) is 0.528. The average molecular weight is 1230 g/mol. The number of rotatable bonds is 32. The molecule has 30 heteroatoms. The molecule has 1 fully saturated rings. The SMILES string of the molecule is CC(C)C[C@H](NC(=O)CNC(=O)[C@H](Cc1ccc(O)cc1)NC(=O)[C@H](CO)NC(=O)[C@H](Cc1c[nH]c2ccccc12)NC(=O)[C@H](N)CCC(=O)NC(=O)OCc1ccccc1)C(=O)N[C@@H](CCCN=C(N)N)C(=O)N1CCC[C@H]1C(=O)NCC(N)=O.Cl. The summed E-state index contributed by atoms with van der Waals surface area (Å²) in [5, 5.41) is 41.0. The molecule has 0 unspecified atom stereocenters. The minimum absolute atomic E-state index is 0. The number of hydrogen-bond acceptors (Lipinski definition) is 16. The van der Waals surface area contributed by atoms with Crippen LogP contribution in [0.1, 0.15) is 75.5 Å². The Morgan fingerprint density at radius 2 is 1.33 bits per heavy atom. The molecule has 472 valence electrons. The Bertz CT molecular complexity index is 3050. The van der Waals surface area contributed by atoms with Gasteiger partial charge in [-0.15, -0.1) is 12.4 Å². The topological polar surface area (TPSA) is 469 Å². The summed E-state index contributed by atoms with van der Waals surface area (Å²) in [7, 11) is 0. The van der Waals surface area contributed by atoms with E-state index in [0.29, 0.717) is 34.0 Å². The first-order valence-corrected chi connectivity index (χ1v) is 27.9. The number of aromatic amines is 1. The van der Waals surface area contributed by atoms with E-state index in [4.69, 9.17) is 27.7 Å². The van der Waals surface area contributed by atoms with Gasteiger partial charge in [0.15, 0.2) is 5.96 Å². The third kappa shape index (κ3) is 23.2. The molecule has 1 saturated heterocycles. The van der Waals surface area contributed by atoms with E-state index in [-0.39, 0.29) is 101 Å². The van der Waals surface area contributed by atoms with Crippen LogP contribution in [-0.4, -0.2) is 166 Å². The number of aromatic nitrogens is 1. The smallest absolute Gasteiger partial charge is 0.414 e. The van der Waals surface area contributed by atoms with Gasteiger partial charge in [0.2, 0.25) is 59.1 Å². The van der Waals surface area contributed by atoms with Crippen LogP contribution < -0.4 is 65.5 Å². The maximum Gasteiger partial charge on any atom is 0.414 e. The Hall–Kier alpha value is -9.35. The molecular formula is C57H78ClN15O14. The number of aliphatic imine (C=N–C) groups is 1. The molecule has 0 spiro atoms. The molecule has 0 bridgehead atoms. The Morgan fingerprint density at radius 3 is 2.01 bits per heavy atom. The van der Waals surface area contributed by atoms with Crippen molar-refractivity contribution in [3.63, 3.8) is 0 Å². The van der Waals surface area contributed by atoms with Crippen molar-refractivity contribution in [2.45, 2.75) is 121 Å². The number of aliphatic hydroxyl groups excluding tert-OH is 1. The number of aliphatic hydroxyl groups is 1. The Morgan fingerprint density at radius 1 is 0.701 bits per heavy atom. The first-order chi connectivity index (χ1) is 41.0. The zero-order valence-corrected chi connectivity index (χ0v) is 49.0. The van der Waals surface area contributed by atoms with Crippen molar-refractivity contribution in [3.05, 3.63) is 102 Å². The number of nitrogens with zero attached hydrogens (tertiary/aromatic N) is 2. The van der Waals surface area contributed by atoms with Crippen LogP contribution in [0.2, 0.25) is 0 Å². The minimum atomic E-state index is -1.75. The highest BCUT2D eigenvalue weighted by atomic mass is 35.5. The predicted octanol–water partition coefficient (Wildman–Crippen LogP) is -2.13. The van der Waals surface area contributed by atoms with Crippen LogP contribution in [0.25, 0.3) is 10.9 Å². The van der Waals surface area contributed by atoms with Gasteiger partial charge in [-0.1, -0.05) is 74.5 Å². The molecule has 7 atom stereocenters. The van der Waals surface area contributed by atoms with E-state index in [1.807, 2.05) is 0 Å². The Balaban J connectivity index is 0.0000162. The van der Waals surface area contributed by atoms with Crippen molar-refractivity contribution in [2.24, 2.45) is 33.8 Å². The zero-order valence-electron chi connectivity index (χ0n) is 48.2. The van der Waals surface area contributed by atoms with Crippen molar-refractivity contribution in [3.8, 4) is 5.75 Å². The van der Waals surface area contributed by atoms with Gasteiger partial charge in [-0.3, -0.25) is 58.3 Å². The summed E-state index contributed by atoms with van der Waals surface area (Å²) in [6.45, 7) is 1.50. The minimum Gasteiger partial charge on any atom is -0.508 e. The van der Waals surface area contributed by atoms with E-state index in [0.717, 1.165) is 0 Å². The number of nitrogens with two attached hydrogens (primary N) is 4. The number of hydrogen-bond donors (Lipinski definition) is 15. The molecule has 11 amide bonds. The van der Waals surface area contributed by atoms with E-state index >= 15 is 0 Å². The van der Waals surface area contributed by atoms with Gasteiger partial charge in [0, 0.05) is 49.5 Å². The number of fused-ring (bicyclic) bond motifs is 1. The molecule has 5 rings (SSSR count). The molecule has 4 aromatic rings. The number of guanidine groups is 1. The van der Waals surface area contributed by atoms with Crippen LogP contribution in [0, 0.1) is 5.92 Å². The number of carbonyl (C=O) groups excluding carboxylic acids is 11. The fourth-order valence-corrected chi connectivity index (χ4v) is 9.24. The number of primary amides is 1. The van der Waals surface area contributed by atoms with Gasteiger partial charge < -0.3 is 85.0 Å². The number of amides is 11. The van der Waals surface area contributed by atoms with Crippen LogP contribution in [-0.2, 0) is 72.1 Å². The van der Waals surface area contributed by atoms with Crippen molar-refractivity contribution in [2.75, 3.05) is 32.8 Å². The maximum atomic E-state index is 14.2. The molecule has 1 aliphatic rings. The van der Waals surface area contributed by atoms with Gasteiger partial charge in [0.1, 0.15) is 48.6 Å². The summed E-state index contributed by atoms with van der Waals surface area (Å²) < 4.78 is 5.08. The quantitative estimate of drug-likeness (QED) is 0.0141. The number of halogens is 1. The number of imide groups is 1. The highest BCUT2D eigenvalue weighted by molar-refractivity contribution is 5.98. The van der Waals surface area contributed by atoms with E-state index < -0.39 is 127 Å². The van der Waals surface area contributed by atoms with Crippen LogP contribution in [0.15, 0.2) is 90.1 Å². The number of H-pyrrole nitrogens is 1. The summed E-state index contributed by atoms with van der Waals surface area (Å²) in [6, 6.07) is 11.9. The van der Waals surface area contributed by atoms with E-state index in [1.165, 1.54) is 29.2 Å². The maximum absolute atomic E-state index is 14.2. The highest BCUT2D eigenvalue weighted by Crippen LogP contribution is 2.22. The number of ether oxygens (including phenoxy) is 1. The van der Waals surface area contributed by atoms with Crippen molar-refractivity contribution in [1.82, 2.24) is 52.4 Å². The Kier molecular flexibility index (Phi) is 28.4. The molecular weight excluding hydrogens is 1150 g/mol. The van der Waals surface area contributed by atoms with Gasteiger partial charge in [0.25, 0.3) is 0 Å². The molecule has 1 aromatic heterocycles. The number of likely N-dealkylation sites (tertiary alicyclic amines) is 1. The molecule has 2 heterocycles. The van der Waals surface area contributed by atoms with Crippen molar-refractivity contribution >= 4 is 94.4 Å². The largest absolute Gasteiger partial charge is 0.508 e. The van der Waals surface area contributed by atoms with Gasteiger partial charge in [-0.2, -0.15) is 0 Å². The predicted molar refractivity (Wildman–Crippen MR) is 319 cm³/mol. The molecule has 0 radical (unpaired) electrons. The van der Waals surface area contributed by atoms with E-state index in [9.17, 15) is 63.0 Å². The third-order valence-corrected chi connectivity index (χ3v) is 13.6. The monoisotopic (exact) mass is 1230 g/mol. The molecule has 29 nitrogen and oxygen atoms in total. The number of benzene rings is 3. The first-order valence-electron chi connectivity index (χ1n) is 27.9. The number of para-hydroxylation sites is 1. The number of alkyl carbamates (subject to hydrolysis) is 1.